The molecule has 53 heavy (non-hydrogen) atoms. The Bertz CT molecular complexity index is 1840. The number of nitrogens with zero attached hydrogens (tertiary/aromatic N) is 1. The fourth-order valence-corrected chi connectivity index (χ4v) is 4.86. The lowest BCUT2D eigenvalue weighted by atomic mass is 10.1. The lowest BCUT2D eigenvalue weighted by Crippen LogP contribution is -2.11. The average molecular weight is 714 g/mol. The third-order valence-corrected chi connectivity index (χ3v) is 7.49. The molecule has 0 heterocycles. The molecule has 0 aliphatic heterocycles. The molecule has 0 saturated heterocycles. The molecule has 280 valence electrons. The van der Waals surface area contributed by atoms with Gasteiger partial charge in [-0.3, -0.25) is 4.79 Å². The van der Waals surface area contributed by atoms with Crippen molar-refractivity contribution in [2.75, 3.05) is 27.2 Å². The smallest absolute Gasteiger partial charge is 0.302 e. The van der Waals surface area contributed by atoms with E-state index >= 15 is 0 Å². The number of hydrogen-bond donors (Lipinski definition) is 0. The van der Waals surface area contributed by atoms with Gasteiger partial charge < -0.3 is 19.1 Å². The van der Waals surface area contributed by atoms with Gasteiger partial charge in [0, 0.05) is 6.92 Å². The Kier molecular flexibility index (Phi) is 21.8. The Hall–Kier alpha value is -5.39. The maximum Gasteiger partial charge on any atom is 0.302 e. The van der Waals surface area contributed by atoms with Crippen molar-refractivity contribution in [1.82, 2.24) is 4.90 Å². The topological polar surface area (TPSA) is 48.0 Å². The van der Waals surface area contributed by atoms with Crippen molar-refractivity contribution in [2.45, 2.75) is 61.2 Å². The van der Waals surface area contributed by atoms with Crippen molar-refractivity contribution >= 4 is 16.7 Å². The molecule has 0 aromatic heterocycles. The lowest BCUT2D eigenvalue weighted by Gasteiger charge is -2.08. The molecule has 6 rings (SSSR count). The number of rotatable bonds is 9. The Morgan fingerprint density at radius 1 is 0.566 bits per heavy atom. The number of carbonyl (C=O) groups is 1. The SMILES string of the molecule is CCCN(C)C.CCOC(C)=O.Cc1ccc2ccccc2c1.Cc1cccc(OCc2ccccc2)c1.Cc1ccccc1OCc1ccccc1. The zero-order valence-electron chi connectivity index (χ0n) is 33.0. The Labute approximate surface area is 319 Å². The number of esters is 1. The van der Waals surface area contributed by atoms with Crippen molar-refractivity contribution in [3.05, 3.63) is 179 Å². The molecule has 5 nitrogen and oxygen atoms in total. The largest absolute Gasteiger partial charge is 0.489 e. The van der Waals surface area contributed by atoms with Gasteiger partial charge in [-0.25, -0.2) is 0 Å². The lowest BCUT2D eigenvalue weighted by molar-refractivity contribution is -0.140. The second kappa shape index (κ2) is 26.4. The first-order valence-electron chi connectivity index (χ1n) is 18.3. The number of benzene rings is 6. The number of fused-ring (bicyclic) bond motifs is 1. The van der Waals surface area contributed by atoms with Crippen molar-refractivity contribution in [3.63, 3.8) is 0 Å². The molecule has 0 atom stereocenters. The molecule has 0 radical (unpaired) electrons. The zero-order chi connectivity index (χ0) is 38.7. The molecular weight excluding hydrogens is 655 g/mol. The summed E-state index contributed by atoms with van der Waals surface area (Å²) in [5.41, 5.74) is 6.11. The van der Waals surface area contributed by atoms with E-state index in [1.54, 1.807) is 6.92 Å². The summed E-state index contributed by atoms with van der Waals surface area (Å²) < 4.78 is 15.8. The number of aryl methyl sites for hydroxylation is 3. The predicted molar refractivity (Wildman–Crippen MR) is 224 cm³/mol. The van der Waals surface area contributed by atoms with E-state index in [2.05, 4.69) is 130 Å². The average Bonchev–Trinajstić information content (AvgIpc) is 3.15. The highest BCUT2D eigenvalue weighted by atomic mass is 16.5. The van der Waals surface area contributed by atoms with E-state index in [0.717, 1.165) is 11.5 Å². The van der Waals surface area contributed by atoms with Crippen molar-refractivity contribution in [1.29, 1.82) is 0 Å². The van der Waals surface area contributed by atoms with Crippen LogP contribution < -0.4 is 9.47 Å². The molecule has 0 bridgehead atoms. The minimum Gasteiger partial charge on any atom is -0.489 e. The minimum atomic E-state index is -0.211. The van der Waals surface area contributed by atoms with Crippen LogP contribution >= 0.6 is 0 Å². The summed E-state index contributed by atoms with van der Waals surface area (Å²) in [6.45, 7) is 14.5. The van der Waals surface area contributed by atoms with Gasteiger partial charge in [0.25, 0.3) is 0 Å². The first-order chi connectivity index (χ1) is 25.6. The van der Waals surface area contributed by atoms with Crippen molar-refractivity contribution < 1.29 is 19.0 Å². The van der Waals surface area contributed by atoms with Gasteiger partial charge in [0.1, 0.15) is 24.7 Å². The fraction of sp³-hybridized carbons (Fsp3) is 0.271. The third kappa shape index (κ3) is 20.3. The normalized spacial score (nSPS) is 9.75. The summed E-state index contributed by atoms with van der Waals surface area (Å²) >= 11 is 0. The second-order valence-electron chi connectivity index (χ2n) is 12.7. The van der Waals surface area contributed by atoms with Crippen LogP contribution in [0.15, 0.2) is 152 Å². The molecule has 0 spiro atoms. The third-order valence-electron chi connectivity index (χ3n) is 7.49. The summed E-state index contributed by atoms with van der Waals surface area (Å²) in [6, 6.07) is 51.5. The maximum absolute atomic E-state index is 9.82. The summed E-state index contributed by atoms with van der Waals surface area (Å²) in [5, 5.41) is 2.64. The maximum atomic E-state index is 9.82. The number of hydrogen-bond acceptors (Lipinski definition) is 5. The summed E-state index contributed by atoms with van der Waals surface area (Å²) in [7, 11) is 4.17. The summed E-state index contributed by atoms with van der Waals surface area (Å²) in [6.07, 6.45) is 1.26. The number of carbonyl (C=O) groups excluding carboxylic acids is 1. The predicted octanol–water partition coefficient (Wildman–Crippen LogP) is 11.8. The first-order valence-corrected chi connectivity index (χ1v) is 18.3. The van der Waals surface area contributed by atoms with E-state index in [1.807, 2.05) is 72.8 Å². The standard InChI is InChI=1S/2C14H14O.C11H10.C5H13N.C4H8O2/c1-12-7-5-6-10-14(12)15-11-13-8-3-2-4-9-13;1-12-6-5-9-14(10-12)15-11-13-7-3-2-4-8-13;1-9-6-7-10-4-2-3-5-11(10)8-9;1-4-5-6(2)3;1-3-6-4(2)5/h2*2-10H,11H2,1H3;2-8H,1H3;4-5H2,1-3H3;3H2,1-2H3. The molecule has 0 fully saturated rings. The highest BCUT2D eigenvalue weighted by molar-refractivity contribution is 5.82. The van der Waals surface area contributed by atoms with E-state index in [1.165, 1.54) is 58.5 Å². The Balaban J connectivity index is 0.000000241. The van der Waals surface area contributed by atoms with Crippen LogP contribution in [0.5, 0.6) is 11.5 Å². The van der Waals surface area contributed by atoms with Gasteiger partial charge in [0.15, 0.2) is 0 Å². The number of para-hydroxylation sites is 1. The van der Waals surface area contributed by atoms with Gasteiger partial charge in [0.2, 0.25) is 0 Å². The fourth-order valence-electron chi connectivity index (χ4n) is 4.86. The van der Waals surface area contributed by atoms with Gasteiger partial charge in [-0.1, -0.05) is 146 Å². The molecule has 0 aliphatic carbocycles. The molecule has 6 aromatic carbocycles. The monoisotopic (exact) mass is 713 g/mol. The molecule has 0 aliphatic rings. The highest BCUT2D eigenvalue weighted by Gasteiger charge is 1.98. The van der Waals surface area contributed by atoms with Gasteiger partial charge in [-0.05, 0) is 106 Å². The van der Waals surface area contributed by atoms with Gasteiger partial charge in [-0.2, -0.15) is 0 Å². The van der Waals surface area contributed by atoms with E-state index in [4.69, 9.17) is 9.47 Å². The van der Waals surface area contributed by atoms with Crippen molar-refractivity contribution in [2.24, 2.45) is 0 Å². The van der Waals surface area contributed by atoms with Crippen LogP contribution in [0.1, 0.15) is 55.0 Å². The molecule has 0 N–H and O–H groups in total. The zero-order valence-corrected chi connectivity index (χ0v) is 33.0. The first kappa shape index (κ1) is 43.8. The van der Waals surface area contributed by atoms with E-state index in [9.17, 15) is 4.79 Å². The molecule has 6 aromatic rings. The van der Waals surface area contributed by atoms with Gasteiger partial charge in [0.05, 0.1) is 6.61 Å². The van der Waals surface area contributed by atoms with E-state index in [-0.39, 0.29) is 5.97 Å². The van der Waals surface area contributed by atoms with Crippen LogP contribution in [-0.2, 0) is 22.7 Å². The van der Waals surface area contributed by atoms with Crippen molar-refractivity contribution in [3.8, 4) is 11.5 Å². The molecular formula is C48H59NO4. The minimum absolute atomic E-state index is 0.211. The van der Waals surface area contributed by atoms with Crippen LogP contribution in [0.25, 0.3) is 10.8 Å². The van der Waals surface area contributed by atoms with Crippen LogP contribution in [0.2, 0.25) is 0 Å². The van der Waals surface area contributed by atoms with Gasteiger partial charge >= 0.3 is 5.97 Å². The molecule has 0 amide bonds. The van der Waals surface area contributed by atoms with Crippen LogP contribution in [0.3, 0.4) is 0 Å². The molecule has 5 heteroatoms. The Morgan fingerprint density at radius 2 is 1.11 bits per heavy atom. The van der Waals surface area contributed by atoms with Gasteiger partial charge in [-0.15, -0.1) is 0 Å². The Morgan fingerprint density at radius 3 is 1.62 bits per heavy atom. The molecule has 0 unspecified atom stereocenters. The summed E-state index contributed by atoms with van der Waals surface area (Å²) in [4.78, 5) is 12.0. The summed E-state index contributed by atoms with van der Waals surface area (Å²) in [5.74, 6) is 1.68. The number of ether oxygens (including phenoxy) is 3. The molecule has 0 saturated carbocycles. The van der Waals surface area contributed by atoms with Crippen LogP contribution in [0, 0.1) is 20.8 Å². The van der Waals surface area contributed by atoms with E-state index in [0.29, 0.717) is 19.8 Å². The van der Waals surface area contributed by atoms with Crippen LogP contribution in [-0.4, -0.2) is 38.1 Å². The quantitative estimate of drug-likeness (QED) is 0.140. The highest BCUT2D eigenvalue weighted by Crippen LogP contribution is 2.18. The second-order valence-corrected chi connectivity index (χ2v) is 12.7. The van der Waals surface area contributed by atoms with E-state index < -0.39 is 0 Å². The van der Waals surface area contributed by atoms with Crippen LogP contribution in [0.4, 0.5) is 0 Å².